The molecule has 4 aromatic carbocycles. The van der Waals surface area contributed by atoms with Gasteiger partial charge in [0.2, 0.25) is 10.0 Å². The van der Waals surface area contributed by atoms with Crippen LogP contribution in [0.4, 0.5) is 23.3 Å². The fraction of sp³-hybridized carbons (Fsp3) is 0.374. The molecule has 138 heavy (non-hydrogen) atoms. The Kier molecular flexibility index (Phi) is 30.3. The fourth-order valence-electron chi connectivity index (χ4n) is 17.9. The second-order valence-electron chi connectivity index (χ2n) is 36.3. The summed E-state index contributed by atoms with van der Waals surface area (Å²) in [5.41, 5.74) is 24.2. The van der Waals surface area contributed by atoms with Gasteiger partial charge in [0.1, 0.15) is 43.1 Å². The molecule has 20 rings (SSSR count). The molecule has 35 nitrogen and oxygen atoms in total. The van der Waals surface area contributed by atoms with E-state index in [1.807, 2.05) is 208 Å². The van der Waals surface area contributed by atoms with Crippen molar-refractivity contribution in [3.8, 4) is 133 Å². The number of nitrogens with zero attached hydrogens (tertiary/aromatic N) is 25. The molecule has 2 aliphatic heterocycles. The number of sulfonamides is 1. The minimum atomic E-state index is -3.20. The van der Waals surface area contributed by atoms with Gasteiger partial charge in [0.25, 0.3) is 0 Å². The highest BCUT2D eigenvalue weighted by atomic mass is 32.2. The van der Waals surface area contributed by atoms with Crippen LogP contribution in [-0.4, -0.2) is 215 Å². The molecule has 2 aliphatic carbocycles. The normalized spacial score (nSPS) is 16.8. The van der Waals surface area contributed by atoms with Crippen LogP contribution in [0, 0.1) is 19.8 Å². The number of aromatic nitrogens is 24. The summed E-state index contributed by atoms with van der Waals surface area (Å²) in [6, 6.07) is 33.6. The van der Waals surface area contributed by atoms with Crippen LogP contribution in [-0.2, 0) is 62.1 Å². The van der Waals surface area contributed by atoms with Crippen molar-refractivity contribution in [1.82, 2.24) is 129 Å². The van der Waals surface area contributed by atoms with Gasteiger partial charge in [0.15, 0.2) is 33.3 Å². The molecule has 2 unspecified atom stereocenters. The number of piperidine rings is 1. The van der Waals surface area contributed by atoms with Crippen LogP contribution in [0.3, 0.4) is 0 Å². The number of nitrogens with one attached hydrogen (secondary N) is 5. The average molecular weight is 1930 g/mol. The summed E-state index contributed by atoms with van der Waals surface area (Å²) in [7, 11) is 5.30. The van der Waals surface area contributed by atoms with Crippen LogP contribution in [0.15, 0.2) is 196 Å². The third-order valence-corrected chi connectivity index (χ3v) is 29.3. The number of nitrogens with two attached hydrogens (primary N) is 1. The average Bonchev–Trinajstić information content (AvgIpc) is 1.49. The lowest BCUT2D eigenvalue weighted by atomic mass is 9.82. The van der Waals surface area contributed by atoms with Crippen LogP contribution in [0.2, 0.25) is 0 Å². The standard InChI is InChI=1S/2C25H30N8.C25H29N7O2S2.C24H28N8O2S2/c1-32-16-20(13-29-32)18-6-5-7-19(12-18)24-28-15-23(21-14-30-33(2)17-21)25(31-24)27-11-9-22-8-3-4-10-26-22;1-32-15-20(12-29-32)18-7-6-8-19(11-18)23-27-14-22(21-13-30-33(2)16-21)24(31-23)28-17-25(26)9-4-3-5-10-25;1-16-30-31-25(35-16)22-13-26-23(19-6-4-5-18(11-19)20-12-27-32(2)14-20)29-24(22)28-21-9-7-17(8-10-21)15-36(3,33)34;1-16-29-30-24(35-16)21-14-25-22(18-7-4-6-17(12-18)19-13-26-31(2)15-19)28-23(21)27-20-8-5-10-32(11-9-20)36(3,33)34/h5-7,12-17,22,26H,3-4,8-11H2,1-2H3,(H,27,28,31);6-8,11-16H,3-5,9-10,17,26H2,1-2H3,(H,27,28,31);4-6,11-14,17,21H,7-10,15H2,1-3H3,(H,26,28,29);4,6-7,12-15,20H,5,8-11H2,1-3H3,(H,25,27,28). The zero-order valence-corrected chi connectivity index (χ0v) is 82.6. The minimum Gasteiger partial charge on any atom is -0.369 e. The predicted molar refractivity (Wildman–Crippen MR) is 544 cm³/mol. The van der Waals surface area contributed by atoms with Crippen LogP contribution in [0.5, 0.6) is 0 Å². The summed E-state index contributed by atoms with van der Waals surface area (Å²) < 4.78 is 59.8. The topological polar surface area (TPSA) is 419 Å². The number of benzene rings is 4. The molecule has 0 amide bonds. The number of hydrogen-bond acceptors (Lipinski definition) is 30. The van der Waals surface area contributed by atoms with Crippen molar-refractivity contribution in [1.29, 1.82) is 0 Å². The van der Waals surface area contributed by atoms with E-state index in [0.717, 1.165) is 209 Å². The molecule has 7 N–H and O–H groups in total. The number of anilines is 4. The van der Waals surface area contributed by atoms with Crippen molar-refractivity contribution >= 4 is 65.8 Å². The Morgan fingerprint density at radius 3 is 1.16 bits per heavy atom. The van der Waals surface area contributed by atoms with Gasteiger partial charge >= 0.3 is 0 Å². The molecule has 2 atom stereocenters. The number of sulfone groups is 1. The maximum atomic E-state index is 12.0. The van der Waals surface area contributed by atoms with Crippen molar-refractivity contribution in [2.24, 2.45) is 53.9 Å². The Hall–Kier alpha value is -13.4. The van der Waals surface area contributed by atoms with E-state index in [2.05, 4.69) is 130 Å². The van der Waals surface area contributed by atoms with Crippen molar-refractivity contribution in [2.45, 2.75) is 140 Å². The first-order chi connectivity index (χ1) is 66.6. The van der Waals surface area contributed by atoms with Crippen molar-refractivity contribution in [3.63, 3.8) is 0 Å². The van der Waals surface area contributed by atoms with Crippen molar-refractivity contribution in [2.75, 3.05) is 72.3 Å². The van der Waals surface area contributed by atoms with Crippen LogP contribution < -0.4 is 32.3 Å². The molecule has 2 saturated carbocycles. The Labute approximate surface area is 812 Å². The lowest BCUT2D eigenvalue weighted by molar-refractivity contribution is 0.311. The van der Waals surface area contributed by atoms with E-state index >= 15 is 0 Å². The van der Waals surface area contributed by atoms with E-state index in [1.165, 1.54) is 73.7 Å². The van der Waals surface area contributed by atoms with E-state index in [4.69, 9.17) is 35.6 Å². The summed E-state index contributed by atoms with van der Waals surface area (Å²) in [6.45, 7) is 7.53. The smallest absolute Gasteiger partial charge is 0.211 e. The summed E-state index contributed by atoms with van der Waals surface area (Å²) in [5, 5.41) is 64.0. The van der Waals surface area contributed by atoms with Crippen LogP contribution >= 0.6 is 22.7 Å². The molecule has 0 bridgehead atoms. The molecule has 12 aromatic heterocycles. The van der Waals surface area contributed by atoms with Crippen LogP contribution in [0.25, 0.3) is 133 Å². The highest BCUT2D eigenvalue weighted by Crippen LogP contribution is 2.40. The second kappa shape index (κ2) is 43.5. The van der Waals surface area contributed by atoms with E-state index in [1.54, 1.807) is 33.9 Å². The fourth-order valence-corrected chi connectivity index (χ4v) is 21.4. The molecule has 14 heterocycles. The quantitative estimate of drug-likeness (QED) is 0.0293. The zero-order chi connectivity index (χ0) is 96.0. The maximum Gasteiger partial charge on any atom is 0.211 e. The summed E-state index contributed by atoms with van der Waals surface area (Å²) >= 11 is 3.00. The van der Waals surface area contributed by atoms with Gasteiger partial charge in [-0.1, -0.05) is 121 Å². The predicted octanol–water partition coefficient (Wildman–Crippen LogP) is 15.9. The Morgan fingerprint density at radius 1 is 0.406 bits per heavy atom. The van der Waals surface area contributed by atoms with Gasteiger partial charge in [-0.15, -0.1) is 20.4 Å². The zero-order valence-electron chi connectivity index (χ0n) is 79.4. The number of hydrogen-bond donors (Lipinski definition) is 6. The molecule has 4 aliphatic rings. The molecular weight excluding hydrogens is 1820 g/mol. The van der Waals surface area contributed by atoms with E-state index in [0.29, 0.717) is 61.2 Å². The van der Waals surface area contributed by atoms with Gasteiger partial charge in [0, 0.05) is 227 Å². The molecular formula is C99H117N31O4S4. The van der Waals surface area contributed by atoms with E-state index < -0.39 is 19.9 Å². The Bertz CT molecular complexity index is 7090. The van der Waals surface area contributed by atoms with Gasteiger partial charge in [-0.2, -0.15) is 30.6 Å². The third kappa shape index (κ3) is 25.1. The molecule has 2 saturated heterocycles. The van der Waals surface area contributed by atoms with Gasteiger partial charge < -0.3 is 32.3 Å². The second-order valence-corrected chi connectivity index (χ2v) is 42.9. The first kappa shape index (κ1) is 96.3. The van der Waals surface area contributed by atoms with Crippen LogP contribution in [0.1, 0.15) is 113 Å². The lowest BCUT2D eigenvalue weighted by Gasteiger charge is -2.33. The van der Waals surface area contributed by atoms with Gasteiger partial charge in [0.05, 0.1) is 60.3 Å². The first-order valence-electron chi connectivity index (χ1n) is 46.8. The molecule has 0 spiro atoms. The van der Waals surface area contributed by atoms with Crippen molar-refractivity contribution in [3.05, 3.63) is 206 Å². The van der Waals surface area contributed by atoms with Crippen molar-refractivity contribution < 1.29 is 16.8 Å². The maximum absolute atomic E-state index is 12.0. The summed E-state index contributed by atoms with van der Waals surface area (Å²) in [4.78, 5) is 38.5. The third-order valence-electron chi connectivity index (χ3n) is 25.2. The van der Waals surface area contributed by atoms with Gasteiger partial charge in [-0.05, 0) is 150 Å². The van der Waals surface area contributed by atoms with Gasteiger partial charge in [-0.25, -0.2) is 61.0 Å². The minimum absolute atomic E-state index is 0.0778. The molecule has 16 aromatic rings. The monoisotopic (exact) mass is 1930 g/mol. The molecule has 0 radical (unpaired) electrons. The summed E-state index contributed by atoms with van der Waals surface area (Å²) in [6.07, 6.45) is 49.5. The molecule has 716 valence electrons. The van der Waals surface area contributed by atoms with E-state index in [-0.39, 0.29) is 29.3 Å². The molecule has 39 heteroatoms. The summed E-state index contributed by atoms with van der Waals surface area (Å²) in [5.74, 6) is 6.12. The Balaban J connectivity index is 0.000000127. The molecule has 4 fully saturated rings. The Morgan fingerprint density at radius 2 is 0.790 bits per heavy atom. The first-order valence-corrected chi connectivity index (χ1v) is 52.3. The number of aryl methyl sites for hydroxylation is 8. The number of rotatable bonds is 26. The largest absolute Gasteiger partial charge is 0.369 e. The SMILES string of the molecule is Cc1nnc(-c2cnc(-c3cccc(-c4cnn(C)c4)c3)nc2NC2CCC(CS(C)(=O)=O)CC2)s1.Cc1nnc(-c2cnc(-c3cccc(-c4cnn(C)c4)c3)nc2NC2CCCN(S(C)(=O)=O)CC2)s1.Cn1cc(-c2cccc(-c3ncc(-c4cnn(C)c4)c(NCC4(N)CCCCC4)n3)c2)cn1.Cn1cc(-c2cccc(-c3ncc(-c4cnn(C)c4)c(NCCC4CCCCN4)n3)c2)cn1. The highest BCUT2D eigenvalue weighted by molar-refractivity contribution is 7.90. The lowest BCUT2D eigenvalue weighted by Crippen LogP contribution is -2.47. The highest BCUT2D eigenvalue weighted by Gasteiger charge is 2.31. The van der Waals surface area contributed by atoms with E-state index in [9.17, 15) is 16.8 Å². The van der Waals surface area contributed by atoms with Gasteiger partial charge in [-0.3, -0.25) is 28.1 Å².